The number of hydrogen-bond donors (Lipinski definition) is 0. The van der Waals surface area contributed by atoms with Crippen LogP contribution in [0.4, 0.5) is 4.39 Å². The van der Waals surface area contributed by atoms with Gasteiger partial charge in [0.25, 0.3) is 0 Å². The maximum absolute atomic E-state index is 13.1. The molecule has 0 radical (unpaired) electrons. The first kappa shape index (κ1) is 13.3. The number of hydrogen-bond acceptors (Lipinski definition) is 1. The van der Waals surface area contributed by atoms with Gasteiger partial charge in [0.2, 0.25) is 0 Å². The summed E-state index contributed by atoms with van der Waals surface area (Å²) in [6, 6.07) is 11.6. The molecular weight excluding hydrogens is 275 g/mol. The highest BCUT2D eigenvalue weighted by atomic mass is 35.5. The molecule has 0 unspecified atom stereocenters. The van der Waals surface area contributed by atoms with Crippen molar-refractivity contribution in [1.29, 1.82) is 0 Å². The zero-order valence-electron chi connectivity index (χ0n) is 10.9. The van der Waals surface area contributed by atoms with Crippen LogP contribution < -0.4 is 0 Å². The fourth-order valence-electron chi connectivity index (χ4n) is 2.60. The number of halogens is 2. The first-order valence-corrected chi connectivity index (χ1v) is 7.13. The number of benzene rings is 2. The van der Waals surface area contributed by atoms with Crippen LogP contribution in [0.25, 0.3) is 0 Å². The Morgan fingerprint density at radius 2 is 1.85 bits per heavy atom. The van der Waals surface area contributed by atoms with E-state index in [2.05, 4.69) is 0 Å². The van der Waals surface area contributed by atoms with Gasteiger partial charge in [-0.3, -0.25) is 4.79 Å². The summed E-state index contributed by atoms with van der Waals surface area (Å²) in [5.74, 6) is -0.0919. The Morgan fingerprint density at radius 3 is 2.50 bits per heavy atom. The average molecular weight is 289 g/mol. The first-order chi connectivity index (χ1) is 9.66. The molecule has 0 N–H and O–H groups in total. The standard InChI is InChI=1S/C17H14ClFO/c18-16-10-12(19)8-9-15(16)17(20)14-7-2-1-6-13(14)11-4-3-5-11/h1-2,6-11H,3-5H2. The minimum Gasteiger partial charge on any atom is -0.289 e. The third kappa shape index (κ3) is 2.36. The summed E-state index contributed by atoms with van der Waals surface area (Å²) < 4.78 is 13.1. The van der Waals surface area contributed by atoms with Crippen LogP contribution in [0, 0.1) is 5.82 Å². The summed E-state index contributed by atoms with van der Waals surface area (Å²) in [5, 5.41) is 0.165. The van der Waals surface area contributed by atoms with Gasteiger partial charge in [0.05, 0.1) is 5.02 Å². The normalized spacial score (nSPS) is 14.9. The summed E-state index contributed by atoms with van der Waals surface area (Å²) in [5.41, 5.74) is 2.13. The lowest BCUT2D eigenvalue weighted by molar-refractivity contribution is 0.103. The van der Waals surface area contributed by atoms with Crippen LogP contribution in [-0.2, 0) is 0 Å². The second-order valence-electron chi connectivity index (χ2n) is 5.17. The highest BCUT2D eigenvalue weighted by molar-refractivity contribution is 6.35. The van der Waals surface area contributed by atoms with Gasteiger partial charge in [-0.05, 0) is 42.5 Å². The largest absolute Gasteiger partial charge is 0.289 e. The maximum atomic E-state index is 13.1. The fraction of sp³-hybridized carbons (Fsp3) is 0.235. The molecule has 0 atom stereocenters. The molecule has 1 aliphatic carbocycles. The Labute approximate surface area is 122 Å². The molecule has 1 nitrogen and oxygen atoms in total. The number of carbonyl (C=O) groups is 1. The van der Waals surface area contributed by atoms with E-state index < -0.39 is 5.82 Å². The van der Waals surface area contributed by atoms with Gasteiger partial charge in [-0.1, -0.05) is 42.3 Å². The molecule has 0 spiro atoms. The third-order valence-electron chi connectivity index (χ3n) is 3.93. The summed E-state index contributed by atoms with van der Waals surface area (Å²) in [4.78, 5) is 12.6. The highest BCUT2D eigenvalue weighted by Gasteiger charge is 2.25. The highest BCUT2D eigenvalue weighted by Crippen LogP contribution is 2.38. The second-order valence-corrected chi connectivity index (χ2v) is 5.58. The van der Waals surface area contributed by atoms with Gasteiger partial charge in [0.1, 0.15) is 5.82 Å². The van der Waals surface area contributed by atoms with Crippen LogP contribution in [-0.4, -0.2) is 5.78 Å². The molecular formula is C17H14ClFO. The predicted octanol–water partition coefficient (Wildman–Crippen LogP) is 4.98. The van der Waals surface area contributed by atoms with Crippen molar-refractivity contribution >= 4 is 17.4 Å². The molecule has 2 aromatic rings. The van der Waals surface area contributed by atoms with Crippen LogP contribution >= 0.6 is 11.6 Å². The van der Waals surface area contributed by atoms with E-state index in [0.29, 0.717) is 17.0 Å². The molecule has 0 saturated heterocycles. The zero-order chi connectivity index (χ0) is 14.1. The summed E-state index contributed by atoms with van der Waals surface area (Å²) >= 11 is 5.99. The Kier molecular flexibility index (Phi) is 3.58. The van der Waals surface area contributed by atoms with Crippen molar-refractivity contribution in [2.24, 2.45) is 0 Å². The lowest BCUT2D eigenvalue weighted by atomic mass is 9.77. The third-order valence-corrected chi connectivity index (χ3v) is 4.24. The molecule has 0 amide bonds. The molecule has 102 valence electrons. The van der Waals surface area contributed by atoms with Crippen LogP contribution in [0.2, 0.25) is 5.02 Å². The fourth-order valence-corrected chi connectivity index (χ4v) is 2.85. The molecule has 0 bridgehead atoms. The molecule has 0 aliphatic heterocycles. The van der Waals surface area contributed by atoms with E-state index in [1.54, 1.807) is 0 Å². The zero-order valence-corrected chi connectivity index (χ0v) is 11.7. The van der Waals surface area contributed by atoms with Gasteiger partial charge in [0.15, 0.2) is 5.78 Å². The van der Waals surface area contributed by atoms with E-state index in [1.165, 1.54) is 24.6 Å². The smallest absolute Gasteiger partial charge is 0.194 e. The van der Waals surface area contributed by atoms with Crippen molar-refractivity contribution in [1.82, 2.24) is 0 Å². The predicted molar refractivity (Wildman–Crippen MR) is 77.9 cm³/mol. The molecule has 0 aromatic heterocycles. The van der Waals surface area contributed by atoms with Crippen molar-refractivity contribution in [3.8, 4) is 0 Å². The van der Waals surface area contributed by atoms with E-state index in [1.807, 2.05) is 24.3 Å². The maximum Gasteiger partial charge on any atom is 0.194 e. The van der Waals surface area contributed by atoms with Crippen molar-refractivity contribution in [2.45, 2.75) is 25.2 Å². The van der Waals surface area contributed by atoms with Gasteiger partial charge in [-0.2, -0.15) is 0 Å². The van der Waals surface area contributed by atoms with Gasteiger partial charge >= 0.3 is 0 Å². The van der Waals surface area contributed by atoms with Crippen LogP contribution in [0.5, 0.6) is 0 Å². The lowest BCUT2D eigenvalue weighted by Gasteiger charge is -2.27. The molecule has 1 saturated carbocycles. The van der Waals surface area contributed by atoms with Crippen LogP contribution in [0.3, 0.4) is 0 Å². The Balaban J connectivity index is 2.02. The molecule has 0 heterocycles. The quantitative estimate of drug-likeness (QED) is 0.728. The van der Waals surface area contributed by atoms with Crippen LogP contribution in [0.1, 0.15) is 46.7 Å². The van der Waals surface area contributed by atoms with Gasteiger partial charge in [-0.25, -0.2) is 4.39 Å². The van der Waals surface area contributed by atoms with Crippen molar-refractivity contribution in [3.63, 3.8) is 0 Å². The van der Waals surface area contributed by atoms with Crippen molar-refractivity contribution in [2.75, 3.05) is 0 Å². The molecule has 2 aromatic carbocycles. The Bertz CT molecular complexity index is 662. The van der Waals surface area contributed by atoms with E-state index in [0.717, 1.165) is 18.4 Å². The van der Waals surface area contributed by atoms with E-state index in [9.17, 15) is 9.18 Å². The molecule has 1 fully saturated rings. The topological polar surface area (TPSA) is 17.1 Å². The van der Waals surface area contributed by atoms with Crippen LogP contribution in [0.15, 0.2) is 42.5 Å². The molecule has 3 rings (SSSR count). The minimum atomic E-state index is -0.432. The first-order valence-electron chi connectivity index (χ1n) is 6.75. The SMILES string of the molecule is O=C(c1ccc(F)cc1Cl)c1ccccc1C1CCC1. The summed E-state index contributed by atoms with van der Waals surface area (Å²) in [6.07, 6.45) is 3.47. The van der Waals surface area contributed by atoms with Crippen molar-refractivity contribution < 1.29 is 9.18 Å². The molecule has 1 aliphatic rings. The van der Waals surface area contributed by atoms with Crippen molar-refractivity contribution in [3.05, 3.63) is 70.0 Å². The number of carbonyl (C=O) groups excluding carboxylic acids is 1. The van der Waals surface area contributed by atoms with E-state index >= 15 is 0 Å². The Morgan fingerprint density at radius 1 is 1.10 bits per heavy atom. The summed E-state index contributed by atoms with van der Waals surface area (Å²) in [7, 11) is 0. The van der Waals surface area contributed by atoms with Gasteiger partial charge < -0.3 is 0 Å². The average Bonchev–Trinajstić information content (AvgIpc) is 2.37. The minimum absolute atomic E-state index is 0.127. The van der Waals surface area contributed by atoms with E-state index in [-0.39, 0.29) is 10.8 Å². The molecule has 3 heteroatoms. The summed E-state index contributed by atoms with van der Waals surface area (Å²) in [6.45, 7) is 0. The monoisotopic (exact) mass is 288 g/mol. The van der Waals surface area contributed by atoms with Gasteiger partial charge in [0, 0.05) is 11.1 Å². The number of rotatable bonds is 3. The number of ketones is 1. The lowest BCUT2D eigenvalue weighted by Crippen LogP contribution is -2.14. The van der Waals surface area contributed by atoms with E-state index in [4.69, 9.17) is 11.6 Å². The van der Waals surface area contributed by atoms with Gasteiger partial charge in [-0.15, -0.1) is 0 Å². The molecule has 20 heavy (non-hydrogen) atoms. The second kappa shape index (κ2) is 5.37. The Hall–Kier alpha value is -1.67.